The number of rotatable bonds is 2. The molecular formula is C26H10F2N4S2. The molecule has 0 spiro atoms. The van der Waals surface area contributed by atoms with Gasteiger partial charge in [0.1, 0.15) is 47.0 Å². The normalized spacial score (nSPS) is 11.0. The van der Waals surface area contributed by atoms with Crippen LogP contribution in [0.3, 0.4) is 0 Å². The van der Waals surface area contributed by atoms with Crippen LogP contribution in [0.5, 0.6) is 0 Å². The molecule has 0 saturated heterocycles. The van der Waals surface area contributed by atoms with E-state index in [4.69, 9.17) is 13.1 Å². The number of thiophene rings is 2. The molecule has 160 valence electrons. The predicted molar refractivity (Wildman–Crippen MR) is 128 cm³/mol. The molecule has 0 saturated carbocycles. The highest BCUT2D eigenvalue weighted by Gasteiger charge is 2.14. The summed E-state index contributed by atoms with van der Waals surface area (Å²) in [6.45, 7) is 14.7. The number of hydrogen-bond acceptors (Lipinski definition) is 4. The molecule has 0 N–H and O–H groups in total. The van der Waals surface area contributed by atoms with Crippen LogP contribution >= 0.6 is 22.7 Å². The molecule has 2 heterocycles. The topological polar surface area (TPSA) is 56.3 Å². The van der Waals surface area contributed by atoms with E-state index in [9.17, 15) is 19.3 Å². The van der Waals surface area contributed by atoms with Crippen molar-refractivity contribution in [3.05, 3.63) is 113 Å². The molecule has 0 bridgehead atoms. The highest BCUT2D eigenvalue weighted by Crippen LogP contribution is 2.29. The van der Waals surface area contributed by atoms with Gasteiger partial charge in [0.05, 0.1) is 13.6 Å². The Morgan fingerprint density at radius 2 is 1.12 bits per heavy atom. The van der Waals surface area contributed by atoms with E-state index >= 15 is 0 Å². The molecule has 34 heavy (non-hydrogen) atoms. The summed E-state index contributed by atoms with van der Waals surface area (Å²) in [6.07, 6.45) is 0. The van der Waals surface area contributed by atoms with Crippen molar-refractivity contribution in [2.45, 2.75) is 0 Å². The first-order valence-corrected chi connectivity index (χ1v) is 11.2. The van der Waals surface area contributed by atoms with Crippen LogP contribution in [0.4, 0.5) is 8.78 Å². The van der Waals surface area contributed by atoms with Gasteiger partial charge in [0, 0.05) is 11.1 Å². The number of benzene rings is 2. The van der Waals surface area contributed by atoms with Gasteiger partial charge in [0.15, 0.2) is 0 Å². The van der Waals surface area contributed by atoms with Crippen molar-refractivity contribution in [2.75, 3.05) is 0 Å². The predicted octanol–water partition coefficient (Wildman–Crippen LogP) is 5.81. The fourth-order valence-electron chi connectivity index (χ4n) is 3.31. The second-order valence-corrected chi connectivity index (χ2v) is 8.97. The smallest absolute Gasteiger partial charge is 0.207 e. The van der Waals surface area contributed by atoms with Gasteiger partial charge in [-0.3, -0.25) is 0 Å². The maximum Gasteiger partial charge on any atom is 0.536 e. The van der Waals surface area contributed by atoms with E-state index in [-0.39, 0.29) is 11.4 Å². The second kappa shape index (κ2) is 9.49. The van der Waals surface area contributed by atoms with Crippen molar-refractivity contribution >= 4 is 34.1 Å². The molecule has 2 aromatic heterocycles. The van der Waals surface area contributed by atoms with Crippen LogP contribution in [0.25, 0.3) is 43.3 Å². The highest BCUT2D eigenvalue weighted by molar-refractivity contribution is 7.12. The van der Waals surface area contributed by atoms with Crippen LogP contribution in [0.1, 0.15) is 0 Å². The van der Waals surface area contributed by atoms with Gasteiger partial charge in [-0.25, -0.2) is 8.78 Å². The minimum atomic E-state index is -0.402. The van der Waals surface area contributed by atoms with Crippen molar-refractivity contribution in [3.8, 4) is 34.4 Å². The lowest BCUT2D eigenvalue weighted by molar-refractivity contribution is 0.627. The van der Waals surface area contributed by atoms with E-state index in [2.05, 4.69) is 9.69 Å². The average Bonchev–Trinajstić information content (AvgIpc) is 3.47. The number of nitriles is 2. The first-order valence-electron chi connectivity index (χ1n) is 9.58. The quantitative estimate of drug-likeness (QED) is 0.340. The lowest BCUT2D eigenvalue weighted by Crippen LogP contribution is -1.94. The largest absolute Gasteiger partial charge is 0.536 e. The Kier molecular flexibility index (Phi) is 6.30. The molecule has 4 nitrogen and oxygen atoms in total. The molecule has 0 atom stereocenters. The van der Waals surface area contributed by atoms with Crippen molar-refractivity contribution in [2.24, 2.45) is 0 Å². The molecule has 0 unspecified atom stereocenters. The Hall–Kier alpha value is -4.60. The van der Waals surface area contributed by atoms with E-state index in [1.165, 1.54) is 46.9 Å². The first-order chi connectivity index (χ1) is 16.5. The molecule has 0 aliphatic rings. The third kappa shape index (κ3) is 4.20. The Labute approximate surface area is 200 Å². The highest BCUT2D eigenvalue weighted by atomic mass is 32.1. The fraction of sp³-hybridized carbons (Fsp3) is 0. The SMILES string of the molecule is [C-]#[N+]C([N+]#[C-])=c1cc(-c2ccc(F)cc2)/c(=c2\sc(=C(C#N)C#N)cc2-c2ccc(F)cc2)s1. The van der Waals surface area contributed by atoms with Crippen LogP contribution in [0, 0.1) is 56.5 Å². The second-order valence-electron chi connectivity index (χ2n) is 6.87. The van der Waals surface area contributed by atoms with Crippen LogP contribution in [0.15, 0.2) is 60.7 Å². The monoisotopic (exact) mass is 480 g/mol. The maximum absolute atomic E-state index is 13.6. The summed E-state index contributed by atoms with van der Waals surface area (Å²) in [5.74, 6) is -0.898. The van der Waals surface area contributed by atoms with Gasteiger partial charge in [-0.15, -0.1) is 22.7 Å². The maximum atomic E-state index is 13.6. The lowest BCUT2D eigenvalue weighted by Gasteiger charge is -2.00. The molecule has 4 aromatic rings. The number of nitrogens with zero attached hydrogens (tertiary/aromatic N) is 4. The van der Waals surface area contributed by atoms with Crippen LogP contribution in [-0.4, -0.2) is 0 Å². The molecule has 2 aromatic carbocycles. The van der Waals surface area contributed by atoms with Crippen molar-refractivity contribution in [3.63, 3.8) is 0 Å². The van der Waals surface area contributed by atoms with Crippen molar-refractivity contribution < 1.29 is 8.78 Å². The summed E-state index contributed by atoms with van der Waals surface area (Å²) < 4.78 is 29.4. The van der Waals surface area contributed by atoms with Gasteiger partial charge in [0.25, 0.3) is 0 Å². The van der Waals surface area contributed by atoms with Gasteiger partial charge < -0.3 is 0 Å². The van der Waals surface area contributed by atoms with Crippen LogP contribution in [0.2, 0.25) is 0 Å². The van der Waals surface area contributed by atoms with Gasteiger partial charge in [-0.2, -0.15) is 20.2 Å². The van der Waals surface area contributed by atoms with Gasteiger partial charge in [0.2, 0.25) is 0 Å². The lowest BCUT2D eigenvalue weighted by atomic mass is 10.1. The van der Waals surface area contributed by atoms with E-state index in [1.807, 2.05) is 12.1 Å². The van der Waals surface area contributed by atoms with Crippen LogP contribution in [-0.2, 0) is 0 Å². The molecule has 0 aliphatic carbocycles. The summed E-state index contributed by atoms with van der Waals surface area (Å²) in [5.41, 5.74) is 2.64. The Bertz CT molecular complexity index is 1640. The zero-order valence-electron chi connectivity index (χ0n) is 17.1. The van der Waals surface area contributed by atoms with Crippen molar-refractivity contribution in [1.29, 1.82) is 10.5 Å². The van der Waals surface area contributed by atoms with Crippen molar-refractivity contribution in [1.82, 2.24) is 0 Å². The van der Waals surface area contributed by atoms with Gasteiger partial charge >= 0.3 is 5.82 Å². The molecular weight excluding hydrogens is 470 g/mol. The average molecular weight is 481 g/mol. The molecule has 0 radical (unpaired) electrons. The fourth-order valence-corrected chi connectivity index (χ4v) is 5.71. The molecule has 4 rings (SSSR count). The number of halogens is 2. The Morgan fingerprint density at radius 3 is 1.53 bits per heavy atom. The third-order valence-corrected chi connectivity index (χ3v) is 7.33. The van der Waals surface area contributed by atoms with Gasteiger partial charge in [-0.05, 0) is 47.5 Å². The molecule has 8 heteroatoms. The summed E-state index contributed by atoms with van der Waals surface area (Å²) in [7, 11) is 0. The third-order valence-electron chi connectivity index (χ3n) is 4.88. The minimum absolute atomic E-state index is 0.0608. The molecule has 0 amide bonds. The Balaban J connectivity index is 2.28. The zero-order chi connectivity index (χ0) is 24.2. The van der Waals surface area contributed by atoms with E-state index < -0.39 is 11.6 Å². The summed E-state index contributed by atoms with van der Waals surface area (Å²) in [6, 6.07) is 18.9. The number of hydrogen-bond donors (Lipinski definition) is 0. The van der Waals surface area contributed by atoms with E-state index in [1.54, 1.807) is 36.4 Å². The minimum Gasteiger partial charge on any atom is -0.207 e. The van der Waals surface area contributed by atoms with E-state index in [0.29, 0.717) is 40.4 Å². The molecule has 0 fully saturated rings. The first kappa shape index (κ1) is 22.6. The standard InChI is InChI=1S/C26H10F2N4S2/c1-31-26(32-2)23-12-21(16-5-9-19(28)10-6-16)25(34-23)24-20(15-3-7-18(27)8-4-15)11-22(33-24)17(13-29)14-30/h3-12H/b25-24+. The zero-order valence-corrected chi connectivity index (χ0v) is 18.8. The van der Waals surface area contributed by atoms with E-state index in [0.717, 1.165) is 0 Å². The summed E-state index contributed by atoms with van der Waals surface area (Å²) in [4.78, 5) is 6.63. The summed E-state index contributed by atoms with van der Waals surface area (Å²) >= 11 is 2.44. The van der Waals surface area contributed by atoms with Crippen LogP contribution < -0.4 is 9.06 Å². The molecule has 0 aliphatic heterocycles. The van der Waals surface area contributed by atoms with Gasteiger partial charge in [-0.1, -0.05) is 24.3 Å². The Morgan fingerprint density at radius 1 is 0.706 bits per heavy atom. The summed E-state index contributed by atoms with van der Waals surface area (Å²) in [5, 5.41) is 18.8.